The van der Waals surface area contributed by atoms with Gasteiger partial charge in [-0.15, -0.1) is 0 Å². The Morgan fingerprint density at radius 3 is 2.00 bits per heavy atom. The summed E-state index contributed by atoms with van der Waals surface area (Å²) in [6.07, 6.45) is 2.09. The SMILES string of the molecule is CC=[CH][InH2]. The van der Waals surface area contributed by atoms with Crippen LogP contribution in [0, 0.1) is 0 Å². The van der Waals surface area contributed by atoms with Gasteiger partial charge in [0.05, 0.1) is 0 Å². The van der Waals surface area contributed by atoms with Crippen molar-refractivity contribution in [1.29, 1.82) is 0 Å². The van der Waals surface area contributed by atoms with E-state index in [-0.39, 0.29) is 0 Å². The Morgan fingerprint density at radius 2 is 2.00 bits per heavy atom. The third-order valence-corrected chi connectivity index (χ3v) is 2.24. The molecule has 4 heavy (non-hydrogen) atoms. The quantitative estimate of drug-likeness (QED) is 0.470. The van der Waals surface area contributed by atoms with Crippen LogP contribution in [0.2, 0.25) is 0 Å². The van der Waals surface area contributed by atoms with Gasteiger partial charge >= 0.3 is 41.2 Å². The summed E-state index contributed by atoms with van der Waals surface area (Å²) in [5.41, 5.74) is 0. The molecule has 0 amide bonds. The van der Waals surface area contributed by atoms with E-state index in [9.17, 15) is 0 Å². The van der Waals surface area contributed by atoms with E-state index in [0.29, 0.717) is 0 Å². The summed E-state index contributed by atoms with van der Waals surface area (Å²) in [6, 6.07) is 0. The van der Waals surface area contributed by atoms with E-state index >= 15 is 0 Å². The molecule has 0 aliphatic carbocycles. The number of hydrogen-bond acceptors (Lipinski definition) is 0. The molecule has 0 nitrogen and oxygen atoms in total. The minimum absolute atomic E-state index is 0.804. The molecule has 0 bridgehead atoms. The van der Waals surface area contributed by atoms with Crippen molar-refractivity contribution in [1.82, 2.24) is 0 Å². The molecule has 0 aromatic rings. The number of allylic oxidation sites excluding steroid dienone is 1. The Hall–Kier alpha value is 0.610. The zero-order valence-electron chi connectivity index (χ0n) is 3.15. The first-order chi connectivity index (χ1) is 1.91. The molecule has 1 heteroatoms. The van der Waals surface area contributed by atoms with Crippen molar-refractivity contribution in [3.63, 3.8) is 0 Å². The Kier molecular flexibility index (Phi) is 4.16. The van der Waals surface area contributed by atoms with Crippen LogP contribution in [-0.4, -0.2) is 24.4 Å². The second kappa shape index (κ2) is 3.61. The van der Waals surface area contributed by atoms with Gasteiger partial charge in [0.15, 0.2) is 0 Å². The first kappa shape index (κ1) is 4.61. The zero-order chi connectivity index (χ0) is 3.41. The summed E-state index contributed by atoms with van der Waals surface area (Å²) in [6.45, 7) is 2.05. The molecule has 22 valence electrons. The van der Waals surface area contributed by atoms with Gasteiger partial charge < -0.3 is 0 Å². The van der Waals surface area contributed by atoms with E-state index in [0.717, 1.165) is 24.4 Å². The Labute approximate surface area is 41.5 Å². The van der Waals surface area contributed by atoms with Crippen LogP contribution >= 0.6 is 0 Å². The van der Waals surface area contributed by atoms with Gasteiger partial charge in [-0.05, 0) is 0 Å². The third kappa shape index (κ3) is 2.61. The van der Waals surface area contributed by atoms with Gasteiger partial charge in [-0.1, -0.05) is 0 Å². The summed E-state index contributed by atoms with van der Waals surface area (Å²) in [5.74, 6) is 0. The summed E-state index contributed by atoms with van der Waals surface area (Å²) in [4.78, 5) is 0. The van der Waals surface area contributed by atoms with Crippen LogP contribution in [0.1, 0.15) is 6.92 Å². The van der Waals surface area contributed by atoms with Crippen molar-refractivity contribution in [2.75, 3.05) is 0 Å². The van der Waals surface area contributed by atoms with Gasteiger partial charge in [-0.25, -0.2) is 0 Å². The Morgan fingerprint density at radius 1 is 1.75 bits per heavy atom. The van der Waals surface area contributed by atoms with Crippen molar-refractivity contribution in [2.45, 2.75) is 6.92 Å². The topological polar surface area (TPSA) is 0 Å². The molecule has 0 saturated heterocycles. The van der Waals surface area contributed by atoms with Crippen LogP contribution in [0.3, 0.4) is 0 Å². The maximum atomic E-state index is 2.21. The van der Waals surface area contributed by atoms with E-state index in [4.69, 9.17) is 0 Å². The van der Waals surface area contributed by atoms with Crippen LogP contribution in [0.15, 0.2) is 9.91 Å². The predicted octanol–water partition coefficient (Wildman–Crippen LogP) is 0.153. The van der Waals surface area contributed by atoms with E-state index in [1.54, 1.807) is 0 Å². The van der Waals surface area contributed by atoms with E-state index in [1.807, 2.05) is 0 Å². The van der Waals surface area contributed by atoms with E-state index in [2.05, 4.69) is 16.8 Å². The maximum absolute atomic E-state index is 2.21. The second-order valence-corrected chi connectivity index (χ2v) is 2.57. The standard InChI is InChI=1S/C3H5.In.2H/c1-3-2;;;/h1,3H,2H3;;;. The van der Waals surface area contributed by atoms with Gasteiger partial charge in [0, 0.05) is 0 Å². The molecule has 0 saturated carbocycles. The molecule has 0 fully saturated rings. The first-order valence-electron chi connectivity index (χ1n) is 1.49. The molecule has 0 N–H and O–H groups in total. The predicted molar refractivity (Wildman–Crippen MR) is 23.4 cm³/mol. The summed E-state index contributed by atoms with van der Waals surface area (Å²) in [7, 11) is 0. The average molecular weight is 158 g/mol. The van der Waals surface area contributed by atoms with Crippen LogP contribution < -0.4 is 0 Å². The summed E-state index contributed by atoms with van der Waals surface area (Å²) in [5, 5.41) is 0. The zero-order valence-corrected chi connectivity index (χ0v) is 8.86. The van der Waals surface area contributed by atoms with Gasteiger partial charge in [-0.3, -0.25) is 0 Å². The third-order valence-electron chi connectivity index (χ3n) is 0.333. The average Bonchev–Trinajstić information content (AvgIpc) is 1.37. The van der Waals surface area contributed by atoms with Gasteiger partial charge in [0.25, 0.3) is 0 Å². The van der Waals surface area contributed by atoms with Crippen molar-refractivity contribution in [3.8, 4) is 0 Å². The molecule has 0 radical (unpaired) electrons. The molecule has 0 spiro atoms. The number of rotatable bonds is 0. The van der Waals surface area contributed by atoms with Gasteiger partial charge in [0.1, 0.15) is 0 Å². The fraction of sp³-hybridized carbons (Fsp3) is 0.333. The van der Waals surface area contributed by atoms with Crippen molar-refractivity contribution >= 4 is 24.4 Å². The Bertz CT molecular complexity index is 18.5. The molecule has 0 aromatic heterocycles. The van der Waals surface area contributed by atoms with Crippen LogP contribution in [-0.2, 0) is 0 Å². The van der Waals surface area contributed by atoms with Crippen LogP contribution in [0.5, 0.6) is 0 Å². The van der Waals surface area contributed by atoms with Gasteiger partial charge in [-0.2, -0.15) is 0 Å². The fourth-order valence-electron chi connectivity index (χ4n) is 0. The normalized spacial score (nSPS) is 9.25. The molecule has 0 atom stereocenters. The molecule has 0 aliphatic heterocycles. The second-order valence-electron chi connectivity index (χ2n) is 0.667. The molecular formula is C3H7In. The minimum atomic E-state index is 0.804. The summed E-state index contributed by atoms with van der Waals surface area (Å²) >= 11 is 0.804. The van der Waals surface area contributed by atoms with Crippen LogP contribution in [0.4, 0.5) is 0 Å². The molecule has 0 unspecified atom stereocenters. The van der Waals surface area contributed by atoms with Crippen molar-refractivity contribution < 1.29 is 0 Å². The summed E-state index contributed by atoms with van der Waals surface area (Å²) < 4.78 is 2.21. The van der Waals surface area contributed by atoms with E-state index in [1.165, 1.54) is 0 Å². The molecule has 0 aromatic carbocycles. The Balaban J connectivity index is 2.55. The van der Waals surface area contributed by atoms with Crippen molar-refractivity contribution in [3.05, 3.63) is 9.91 Å². The monoisotopic (exact) mass is 158 g/mol. The van der Waals surface area contributed by atoms with E-state index < -0.39 is 0 Å². The number of hydrogen-bond donors (Lipinski definition) is 0. The molecular weight excluding hydrogens is 151 g/mol. The first-order valence-corrected chi connectivity index (χ1v) is 4.78. The van der Waals surface area contributed by atoms with Gasteiger partial charge in [0.2, 0.25) is 0 Å². The van der Waals surface area contributed by atoms with Crippen LogP contribution in [0.25, 0.3) is 0 Å². The fourth-order valence-corrected chi connectivity index (χ4v) is 0. The molecule has 0 rings (SSSR count). The molecule has 0 heterocycles. The molecule has 0 aliphatic rings. The van der Waals surface area contributed by atoms with Crippen molar-refractivity contribution in [2.24, 2.45) is 0 Å².